The highest BCUT2D eigenvalue weighted by Gasteiger charge is 2.23. The van der Waals surface area contributed by atoms with E-state index in [1.165, 1.54) is 11.8 Å². The van der Waals surface area contributed by atoms with E-state index < -0.39 is 18.5 Å². The number of thioether (sulfide) groups is 1. The van der Waals surface area contributed by atoms with Crippen LogP contribution in [0.3, 0.4) is 0 Å². The average molecular weight is 462 g/mol. The van der Waals surface area contributed by atoms with Crippen molar-refractivity contribution in [2.24, 2.45) is 4.99 Å². The van der Waals surface area contributed by atoms with Crippen molar-refractivity contribution in [3.05, 3.63) is 76.7 Å². The van der Waals surface area contributed by atoms with E-state index in [-0.39, 0.29) is 12.3 Å². The zero-order valence-corrected chi connectivity index (χ0v) is 18.0. The number of nitrogens with one attached hydrogen (secondary N) is 1. The fourth-order valence-corrected chi connectivity index (χ4v) is 4.02. The van der Waals surface area contributed by atoms with Crippen molar-refractivity contribution in [1.82, 2.24) is 5.32 Å². The van der Waals surface area contributed by atoms with Gasteiger partial charge in [-0.2, -0.15) is 0 Å². The van der Waals surface area contributed by atoms with E-state index in [0.29, 0.717) is 27.1 Å². The molecule has 9 heteroatoms. The van der Waals surface area contributed by atoms with Crippen molar-refractivity contribution < 1.29 is 29.3 Å². The first-order valence-corrected chi connectivity index (χ1v) is 10.7. The zero-order valence-electron chi connectivity index (χ0n) is 17.1. The zero-order chi connectivity index (χ0) is 23.4. The van der Waals surface area contributed by atoms with Crippen molar-refractivity contribution in [1.29, 1.82) is 0 Å². The monoisotopic (exact) mass is 462 g/mol. The molecule has 1 heterocycles. The van der Waals surface area contributed by atoms with Crippen LogP contribution in [0.5, 0.6) is 5.75 Å². The van der Waals surface area contributed by atoms with Crippen LogP contribution in [0.25, 0.3) is 16.8 Å². The van der Waals surface area contributed by atoms with E-state index in [4.69, 9.17) is 14.9 Å². The van der Waals surface area contributed by atoms with Crippen LogP contribution >= 0.6 is 11.8 Å². The van der Waals surface area contributed by atoms with Crippen LogP contribution < -0.4 is 10.1 Å². The number of hydrogen-bond donors (Lipinski definition) is 3. The van der Waals surface area contributed by atoms with Crippen molar-refractivity contribution in [3.63, 3.8) is 0 Å². The Hall–Kier alpha value is -4.11. The number of amidine groups is 1. The van der Waals surface area contributed by atoms with Crippen LogP contribution in [0, 0.1) is 0 Å². The summed E-state index contributed by atoms with van der Waals surface area (Å²) in [5.41, 5.74) is 2.12. The third kappa shape index (κ3) is 5.78. The van der Waals surface area contributed by atoms with Gasteiger partial charge in [0.05, 0.1) is 17.0 Å². The number of nitrogens with zero attached hydrogens (tertiary/aromatic N) is 1. The first-order chi connectivity index (χ1) is 15.9. The van der Waals surface area contributed by atoms with Gasteiger partial charge in [0.15, 0.2) is 11.8 Å². The fraction of sp³-hybridized carbons (Fsp3) is 0.0833. The number of carboxylic acid groups (broad SMARTS) is 2. The molecule has 0 aromatic heterocycles. The Morgan fingerprint density at radius 3 is 2.42 bits per heavy atom. The van der Waals surface area contributed by atoms with E-state index in [2.05, 4.69) is 10.3 Å². The molecule has 1 saturated heterocycles. The number of rotatable bonds is 7. The molecule has 33 heavy (non-hydrogen) atoms. The average Bonchev–Trinajstić information content (AvgIpc) is 3.11. The number of carbonyl (C=O) groups excluding carboxylic acids is 1. The van der Waals surface area contributed by atoms with Gasteiger partial charge in [-0.1, -0.05) is 30.3 Å². The number of amides is 1. The summed E-state index contributed by atoms with van der Waals surface area (Å²) in [6.45, 7) is -0.404. The summed E-state index contributed by atoms with van der Waals surface area (Å²) >= 11 is 1.22. The summed E-state index contributed by atoms with van der Waals surface area (Å²) in [5.74, 6) is -1.72. The molecule has 1 aliphatic rings. The Balaban J connectivity index is 1.49. The van der Waals surface area contributed by atoms with E-state index in [9.17, 15) is 14.4 Å². The van der Waals surface area contributed by atoms with Crippen molar-refractivity contribution in [2.75, 3.05) is 6.61 Å². The van der Waals surface area contributed by atoms with Gasteiger partial charge in [-0.05, 0) is 70.1 Å². The number of hydrogen-bond acceptors (Lipinski definition) is 6. The number of fused-ring (bicyclic) bond motifs is 1. The van der Waals surface area contributed by atoms with Crippen molar-refractivity contribution in [3.8, 4) is 5.75 Å². The highest BCUT2D eigenvalue weighted by molar-refractivity contribution is 8.18. The van der Waals surface area contributed by atoms with Gasteiger partial charge in [-0.15, -0.1) is 0 Å². The molecule has 1 amide bonds. The van der Waals surface area contributed by atoms with E-state index in [0.717, 1.165) is 16.3 Å². The quantitative estimate of drug-likeness (QED) is 0.456. The molecular weight excluding hydrogens is 444 g/mol. The van der Waals surface area contributed by atoms with Gasteiger partial charge in [0.1, 0.15) is 5.75 Å². The van der Waals surface area contributed by atoms with Crippen LogP contribution in [0.4, 0.5) is 5.69 Å². The van der Waals surface area contributed by atoms with Gasteiger partial charge in [0.25, 0.3) is 5.91 Å². The minimum Gasteiger partial charge on any atom is -0.482 e. The van der Waals surface area contributed by atoms with Gasteiger partial charge in [0, 0.05) is 0 Å². The smallest absolute Gasteiger partial charge is 0.341 e. The van der Waals surface area contributed by atoms with E-state index in [1.54, 1.807) is 42.5 Å². The number of aliphatic imine (C=N–C) groups is 1. The molecule has 1 aliphatic heterocycles. The first kappa shape index (κ1) is 22.1. The summed E-state index contributed by atoms with van der Waals surface area (Å²) in [6.07, 6.45) is 1.71. The molecule has 8 nitrogen and oxygen atoms in total. The Kier molecular flexibility index (Phi) is 6.41. The Morgan fingerprint density at radius 1 is 0.970 bits per heavy atom. The molecule has 3 aromatic carbocycles. The number of ether oxygens (including phenoxy) is 1. The van der Waals surface area contributed by atoms with Gasteiger partial charge < -0.3 is 20.3 Å². The summed E-state index contributed by atoms with van der Waals surface area (Å²) < 4.78 is 5.20. The largest absolute Gasteiger partial charge is 0.482 e. The highest BCUT2D eigenvalue weighted by atomic mass is 32.2. The minimum absolute atomic E-state index is 0.0579. The first-order valence-electron chi connectivity index (χ1n) is 9.84. The summed E-state index contributed by atoms with van der Waals surface area (Å²) in [6, 6.07) is 17.8. The molecule has 3 aromatic rings. The van der Waals surface area contributed by atoms with E-state index >= 15 is 0 Å². The molecule has 3 N–H and O–H groups in total. The third-order valence-electron chi connectivity index (χ3n) is 4.67. The number of aliphatic carboxylic acids is 2. The molecule has 4 rings (SSSR count). The number of carbonyl (C=O) groups is 3. The Bertz CT molecular complexity index is 1310. The summed E-state index contributed by atoms with van der Waals surface area (Å²) in [7, 11) is 0. The van der Waals surface area contributed by atoms with Gasteiger partial charge in [-0.3, -0.25) is 9.59 Å². The lowest BCUT2D eigenvalue weighted by molar-refractivity contribution is -0.139. The van der Waals surface area contributed by atoms with Gasteiger partial charge in [-0.25, -0.2) is 9.79 Å². The second kappa shape index (κ2) is 9.58. The van der Waals surface area contributed by atoms with Gasteiger partial charge in [0.2, 0.25) is 0 Å². The lowest BCUT2D eigenvalue weighted by atomic mass is 10.1. The normalized spacial score (nSPS) is 15.7. The maximum Gasteiger partial charge on any atom is 0.341 e. The predicted molar refractivity (Wildman–Crippen MR) is 126 cm³/mol. The lowest BCUT2D eigenvalue weighted by Crippen LogP contribution is -2.19. The molecule has 1 fully saturated rings. The molecule has 166 valence electrons. The van der Waals surface area contributed by atoms with Crippen LogP contribution in [0.2, 0.25) is 0 Å². The van der Waals surface area contributed by atoms with Crippen LogP contribution in [-0.2, 0) is 20.8 Å². The molecule has 0 radical (unpaired) electrons. The summed E-state index contributed by atoms with van der Waals surface area (Å²) in [5, 5.41) is 22.6. The standard InChI is InChI=1S/C24H18N2O6S/c27-21(28)11-14-2-6-18(7-3-14)25-24-26-23(31)20(33-24)10-15-1-4-17-12-19(32-13-22(29)30)8-5-16(17)9-15/h1-10,12H,11,13H2,(H,27,28)(H,29,30)(H,25,26,31)/b20-10-. The molecule has 0 saturated carbocycles. The van der Waals surface area contributed by atoms with Crippen LogP contribution in [-0.4, -0.2) is 39.8 Å². The maximum absolute atomic E-state index is 12.4. The predicted octanol–water partition coefficient (Wildman–Crippen LogP) is 3.82. The Morgan fingerprint density at radius 2 is 1.70 bits per heavy atom. The summed E-state index contributed by atoms with van der Waals surface area (Å²) in [4.78, 5) is 38.7. The second-order valence-corrected chi connectivity index (χ2v) is 8.20. The molecular formula is C24H18N2O6S. The SMILES string of the molecule is O=C(O)COc1ccc2cc(/C=C3\SC(=Nc4ccc(CC(=O)O)cc4)NC3=O)ccc2c1. The Labute approximate surface area is 192 Å². The topological polar surface area (TPSA) is 125 Å². The van der Waals surface area contributed by atoms with Crippen molar-refractivity contribution in [2.45, 2.75) is 6.42 Å². The second-order valence-electron chi connectivity index (χ2n) is 7.17. The fourth-order valence-electron chi connectivity index (χ4n) is 3.18. The molecule has 0 aliphatic carbocycles. The van der Waals surface area contributed by atoms with E-state index in [1.807, 2.05) is 24.3 Å². The van der Waals surface area contributed by atoms with Crippen molar-refractivity contribution >= 4 is 57.3 Å². The maximum atomic E-state index is 12.4. The van der Waals surface area contributed by atoms with Gasteiger partial charge >= 0.3 is 11.9 Å². The number of carboxylic acids is 2. The number of benzene rings is 3. The van der Waals surface area contributed by atoms with Crippen LogP contribution in [0.15, 0.2) is 70.6 Å². The highest BCUT2D eigenvalue weighted by Crippen LogP contribution is 2.29. The minimum atomic E-state index is -1.04. The molecule has 0 bridgehead atoms. The van der Waals surface area contributed by atoms with Crippen LogP contribution in [0.1, 0.15) is 11.1 Å². The third-order valence-corrected chi connectivity index (χ3v) is 5.58. The molecule has 0 atom stereocenters. The molecule has 0 unspecified atom stereocenters. The lowest BCUT2D eigenvalue weighted by Gasteiger charge is -2.05. The molecule has 0 spiro atoms.